The van der Waals surface area contributed by atoms with Crippen LogP contribution in [0.25, 0.3) is 0 Å². The molecule has 16 heavy (non-hydrogen) atoms. The number of benzene rings is 1. The Bertz CT molecular complexity index is 407. The van der Waals surface area contributed by atoms with Crippen molar-refractivity contribution in [2.75, 3.05) is 13.1 Å². The molecule has 1 heterocycles. The molecule has 2 rings (SSSR count). The molecule has 0 saturated carbocycles. The smallest absolute Gasteiger partial charge is 0.254 e. The van der Waals surface area contributed by atoms with Gasteiger partial charge in [-0.1, -0.05) is 11.6 Å². The molecule has 0 radical (unpaired) electrons. The molecule has 0 aromatic heterocycles. The van der Waals surface area contributed by atoms with Crippen LogP contribution >= 0.6 is 11.6 Å². The number of halogens is 3. The van der Waals surface area contributed by atoms with E-state index in [0.29, 0.717) is 13.1 Å². The SMILES string of the molecule is O=C(c1cc(F)c(Cl)c(F)c1)N1CCCC1. The summed E-state index contributed by atoms with van der Waals surface area (Å²) in [5.41, 5.74) is 0.0151. The van der Waals surface area contributed by atoms with Gasteiger partial charge in [-0.05, 0) is 25.0 Å². The van der Waals surface area contributed by atoms with Gasteiger partial charge in [0.25, 0.3) is 5.91 Å². The Morgan fingerprint density at radius 3 is 2.19 bits per heavy atom. The fourth-order valence-corrected chi connectivity index (χ4v) is 1.89. The first-order valence-corrected chi connectivity index (χ1v) is 5.41. The van der Waals surface area contributed by atoms with Crippen molar-refractivity contribution >= 4 is 17.5 Å². The lowest BCUT2D eigenvalue weighted by Crippen LogP contribution is -2.27. The maximum Gasteiger partial charge on any atom is 0.254 e. The minimum absolute atomic E-state index is 0.0151. The second kappa shape index (κ2) is 4.37. The van der Waals surface area contributed by atoms with Gasteiger partial charge in [0.15, 0.2) is 0 Å². The van der Waals surface area contributed by atoms with Gasteiger partial charge in [0.2, 0.25) is 0 Å². The third kappa shape index (κ3) is 2.02. The molecule has 1 aliphatic rings. The Morgan fingerprint density at radius 1 is 1.19 bits per heavy atom. The average Bonchev–Trinajstić information content (AvgIpc) is 2.77. The molecule has 0 atom stereocenters. The first-order valence-electron chi connectivity index (χ1n) is 5.03. The number of likely N-dealkylation sites (tertiary alicyclic amines) is 1. The third-order valence-electron chi connectivity index (χ3n) is 2.62. The van der Waals surface area contributed by atoms with E-state index >= 15 is 0 Å². The van der Waals surface area contributed by atoms with Crippen molar-refractivity contribution < 1.29 is 13.6 Å². The van der Waals surface area contributed by atoms with Gasteiger partial charge in [-0.15, -0.1) is 0 Å². The van der Waals surface area contributed by atoms with Crippen molar-refractivity contribution in [3.63, 3.8) is 0 Å². The highest BCUT2D eigenvalue weighted by molar-refractivity contribution is 6.31. The van der Waals surface area contributed by atoms with Crippen LogP contribution in [0.3, 0.4) is 0 Å². The largest absolute Gasteiger partial charge is 0.339 e. The second-order valence-corrected chi connectivity index (χ2v) is 4.13. The number of nitrogens with zero attached hydrogens (tertiary/aromatic N) is 1. The van der Waals surface area contributed by atoms with E-state index in [2.05, 4.69) is 0 Å². The molecule has 86 valence electrons. The van der Waals surface area contributed by atoms with E-state index in [4.69, 9.17) is 11.6 Å². The van der Waals surface area contributed by atoms with Crippen molar-refractivity contribution in [3.8, 4) is 0 Å². The van der Waals surface area contributed by atoms with E-state index in [1.54, 1.807) is 4.90 Å². The number of rotatable bonds is 1. The molecule has 0 unspecified atom stereocenters. The summed E-state index contributed by atoms with van der Waals surface area (Å²) in [7, 11) is 0. The normalized spacial score (nSPS) is 15.6. The fraction of sp³-hybridized carbons (Fsp3) is 0.364. The fourth-order valence-electron chi connectivity index (χ4n) is 1.78. The second-order valence-electron chi connectivity index (χ2n) is 3.75. The molecule has 1 aliphatic heterocycles. The summed E-state index contributed by atoms with van der Waals surface area (Å²) in [4.78, 5) is 13.4. The summed E-state index contributed by atoms with van der Waals surface area (Å²) in [6.45, 7) is 1.29. The highest BCUT2D eigenvalue weighted by atomic mass is 35.5. The lowest BCUT2D eigenvalue weighted by molar-refractivity contribution is 0.0792. The maximum atomic E-state index is 13.1. The summed E-state index contributed by atoms with van der Waals surface area (Å²) >= 11 is 5.34. The van der Waals surface area contributed by atoms with E-state index in [0.717, 1.165) is 25.0 Å². The van der Waals surface area contributed by atoms with Crippen LogP contribution in [0.15, 0.2) is 12.1 Å². The Hall–Kier alpha value is -1.16. The highest BCUT2D eigenvalue weighted by Gasteiger charge is 2.21. The van der Waals surface area contributed by atoms with Gasteiger partial charge >= 0.3 is 0 Å². The van der Waals surface area contributed by atoms with E-state index < -0.39 is 16.7 Å². The van der Waals surface area contributed by atoms with Gasteiger partial charge in [-0.3, -0.25) is 4.79 Å². The summed E-state index contributed by atoms with van der Waals surface area (Å²) in [5.74, 6) is -2.14. The molecule has 5 heteroatoms. The van der Waals surface area contributed by atoms with Gasteiger partial charge in [0.05, 0.1) is 0 Å². The molecule has 0 spiro atoms. The summed E-state index contributed by atoms with van der Waals surface area (Å²) in [5, 5.41) is -0.571. The number of amides is 1. The van der Waals surface area contributed by atoms with E-state index in [1.807, 2.05) is 0 Å². The third-order valence-corrected chi connectivity index (χ3v) is 2.99. The molecule has 1 fully saturated rings. The van der Waals surface area contributed by atoms with Crippen LogP contribution in [0, 0.1) is 11.6 Å². The van der Waals surface area contributed by atoms with Gasteiger partial charge in [-0.25, -0.2) is 8.78 Å². The zero-order valence-electron chi connectivity index (χ0n) is 8.47. The van der Waals surface area contributed by atoms with Crippen molar-refractivity contribution in [1.29, 1.82) is 0 Å². The molecule has 0 bridgehead atoms. The highest BCUT2D eigenvalue weighted by Crippen LogP contribution is 2.22. The first-order chi connectivity index (χ1) is 7.59. The molecule has 1 aromatic rings. The average molecular weight is 246 g/mol. The van der Waals surface area contributed by atoms with Crippen LogP contribution in [0.4, 0.5) is 8.78 Å². The number of carbonyl (C=O) groups is 1. The van der Waals surface area contributed by atoms with E-state index in [-0.39, 0.29) is 11.5 Å². The van der Waals surface area contributed by atoms with Crippen molar-refractivity contribution in [2.24, 2.45) is 0 Å². The number of hydrogen-bond acceptors (Lipinski definition) is 1. The number of hydrogen-bond donors (Lipinski definition) is 0. The van der Waals surface area contributed by atoms with Crippen molar-refractivity contribution in [3.05, 3.63) is 34.4 Å². The Morgan fingerprint density at radius 2 is 1.69 bits per heavy atom. The predicted octanol–water partition coefficient (Wildman–Crippen LogP) is 2.85. The molecule has 0 N–H and O–H groups in total. The van der Waals surface area contributed by atoms with Gasteiger partial charge in [0.1, 0.15) is 16.7 Å². The molecule has 0 aliphatic carbocycles. The van der Waals surface area contributed by atoms with Crippen LogP contribution in [0.2, 0.25) is 5.02 Å². The summed E-state index contributed by atoms with van der Waals surface area (Å²) in [6, 6.07) is 1.96. The minimum Gasteiger partial charge on any atom is -0.339 e. The standard InChI is InChI=1S/C11H10ClF2NO/c12-10-8(13)5-7(6-9(10)14)11(16)15-3-1-2-4-15/h5-6H,1-4H2. The minimum atomic E-state index is -0.899. The maximum absolute atomic E-state index is 13.1. The van der Waals surface area contributed by atoms with Gasteiger partial charge in [0, 0.05) is 18.7 Å². The first kappa shape index (κ1) is 11.3. The van der Waals surface area contributed by atoms with Crippen molar-refractivity contribution in [2.45, 2.75) is 12.8 Å². The molecule has 1 amide bonds. The lowest BCUT2D eigenvalue weighted by atomic mass is 10.2. The molecule has 1 aromatic carbocycles. The van der Waals surface area contributed by atoms with Gasteiger partial charge in [-0.2, -0.15) is 0 Å². The van der Waals surface area contributed by atoms with E-state index in [1.165, 1.54) is 0 Å². The predicted molar refractivity (Wildman–Crippen MR) is 56.5 cm³/mol. The Balaban J connectivity index is 2.29. The van der Waals surface area contributed by atoms with Crippen LogP contribution in [-0.2, 0) is 0 Å². The van der Waals surface area contributed by atoms with Gasteiger partial charge < -0.3 is 4.90 Å². The Kier molecular flexibility index (Phi) is 3.10. The van der Waals surface area contributed by atoms with E-state index in [9.17, 15) is 13.6 Å². The zero-order valence-corrected chi connectivity index (χ0v) is 9.23. The van der Waals surface area contributed by atoms with Crippen molar-refractivity contribution in [1.82, 2.24) is 4.90 Å². The molecular formula is C11H10ClF2NO. The Labute approximate surface area is 96.8 Å². The molecule has 2 nitrogen and oxygen atoms in total. The van der Waals surface area contributed by atoms with Crippen LogP contribution in [-0.4, -0.2) is 23.9 Å². The lowest BCUT2D eigenvalue weighted by Gasteiger charge is -2.15. The number of carbonyl (C=O) groups excluding carboxylic acids is 1. The van der Waals surface area contributed by atoms with Crippen LogP contribution < -0.4 is 0 Å². The monoisotopic (exact) mass is 245 g/mol. The molecular weight excluding hydrogens is 236 g/mol. The topological polar surface area (TPSA) is 20.3 Å². The van der Waals surface area contributed by atoms with Crippen LogP contribution in [0.1, 0.15) is 23.2 Å². The molecule has 1 saturated heterocycles. The van der Waals surface area contributed by atoms with Crippen LogP contribution in [0.5, 0.6) is 0 Å². The quantitative estimate of drug-likeness (QED) is 0.697. The zero-order chi connectivity index (χ0) is 11.7. The summed E-state index contributed by atoms with van der Waals surface area (Å²) in [6.07, 6.45) is 1.87. The summed E-state index contributed by atoms with van der Waals surface area (Å²) < 4.78 is 26.3.